The highest BCUT2D eigenvalue weighted by Crippen LogP contribution is 2.20. The van der Waals surface area contributed by atoms with Gasteiger partial charge in [0, 0.05) is 31.8 Å². The van der Waals surface area contributed by atoms with Crippen molar-refractivity contribution < 1.29 is 0 Å². The highest BCUT2D eigenvalue weighted by Gasteiger charge is 2.13. The van der Waals surface area contributed by atoms with Crippen molar-refractivity contribution in [2.75, 3.05) is 6.54 Å². The summed E-state index contributed by atoms with van der Waals surface area (Å²) in [6.07, 6.45) is 0. The number of fused-ring (bicyclic) bond motifs is 1. The maximum Gasteiger partial charge on any atom is 0.272 e. The van der Waals surface area contributed by atoms with Gasteiger partial charge in [-0.15, -0.1) is 0 Å². The van der Waals surface area contributed by atoms with Gasteiger partial charge in [-0.1, -0.05) is 67.4 Å². The minimum atomic E-state index is -0.0845. The largest absolute Gasteiger partial charge is 0.293 e. The Bertz CT molecular complexity index is 1230. The zero-order chi connectivity index (χ0) is 22.0. The van der Waals surface area contributed by atoms with Crippen LogP contribution in [0.4, 0.5) is 0 Å². The Kier molecular flexibility index (Phi) is 6.05. The quantitative estimate of drug-likeness (QED) is 0.465. The zero-order valence-corrected chi connectivity index (χ0v) is 18.7. The fourth-order valence-corrected chi connectivity index (χ4v) is 3.96. The van der Waals surface area contributed by atoms with Crippen LogP contribution in [-0.2, 0) is 13.1 Å². The Morgan fingerprint density at radius 1 is 0.968 bits per heavy atom. The Morgan fingerprint density at radius 3 is 2.45 bits per heavy atom. The van der Waals surface area contributed by atoms with Crippen molar-refractivity contribution in [2.45, 2.75) is 40.8 Å². The van der Waals surface area contributed by atoms with Crippen molar-refractivity contribution in [1.29, 1.82) is 0 Å². The SMILES string of the molecule is Cc1ccc(CN(Cc2cc(=O)n3[nH]c(-c4cccc(C)c4)cc3n2)CC(C)C)cc1. The average molecular weight is 415 g/mol. The third-order valence-electron chi connectivity index (χ3n) is 5.37. The summed E-state index contributed by atoms with van der Waals surface area (Å²) in [6, 6.07) is 20.5. The van der Waals surface area contributed by atoms with Crippen LogP contribution >= 0.6 is 0 Å². The molecule has 0 aliphatic heterocycles. The lowest BCUT2D eigenvalue weighted by Gasteiger charge is -2.24. The molecule has 0 spiro atoms. The molecule has 5 heteroatoms. The molecule has 2 aromatic heterocycles. The van der Waals surface area contributed by atoms with E-state index in [2.05, 4.69) is 74.1 Å². The van der Waals surface area contributed by atoms with Crippen LogP contribution in [0.1, 0.15) is 36.2 Å². The zero-order valence-electron chi connectivity index (χ0n) is 18.7. The monoisotopic (exact) mass is 414 g/mol. The number of rotatable bonds is 7. The lowest BCUT2D eigenvalue weighted by Crippen LogP contribution is -2.28. The van der Waals surface area contributed by atoms with Crippen LogP contribution in [-0.4, -0.2) is 26.0 Å². The van der Waals surface area contributed by atoms with E-state index >= 15 is 0 Å². The summed E-state index contributed by atoms with van der Waals surface area (Å²) in [7, 11) is 0. The number of hydrogen-bond acceptors (Lipinski definition) is 3. The third-order valence-corrected chi connectivity index (χ3v) is 5.37. The minimum absolute atomic E-state index is 0.0845. The molecule has 1 N–H and O–H groups in total. The van der Waals surface area contributed by atoms with Gasteiger partial charge >= 0.3 is 0 Å². The fourth-order valence-electron chi connectivity index (χ4n) is 3.96. The molecule has 0 amide bonds. The van der Waals surface area contributed by atoms with Gasteiger partial charge in [-0.05, 0) is 37.0 Å². The van der Waals surface area contributed by atoms with Crippen LogP contribution in [0.5, 0.6) is 0 Å². The number of aryl methyl sites for hydroxylation is 2. The van der Waals surface area contributed by atoms with Gasteiger partial charge in [-0.3, -0.25) is 14.8 Å². The Morgan fingerprint density at radius 2 is 1.74 bits per heavy atom. The first-order valence-electron chi connectivity index (χ1n) is 10.8. The number of H-pyrrole nitrogens is 1. The molecule has 0 fully saturated rings. The molecule has 0 aliphatic carbocycles. The van der Waals surface area contributed by atoms with E-state index in [-0.39, 0.29) is 5.56 Å². The van der Waals surface area contributed by atoms with Gasteiger partial charge in [0.25, 0.3) is 5.56 Å². The van der Waals surface area contributed by atoms with Crippen LogP contribution in [0.3, 0.4) is 0 Å². The lowest BCUT2D eigenvalue weighted by atomic mass is 10.1. The summed E-state index contributed by atoms with van der Waals surface area (Å²) < 4.78 is 1.52. The summed E-state index contributed by atoms with van der Waals surface area (Å²) in [5, 5.41) is 3.19. The number of benzene rings is 2. The van der Waals surface area contributed by atoms with E-state index in [1.54, 1.807) is 6.07 Å². The third kappa shape index (κ3) is 5.12. The van der Waals surface area contributed by atoms with E-state index in [0.29, 0.717) is 18.1 Å². The molecule has 2 aromatic carbocycles. The van der Waals surface area contributed by atoms with Crippen LogP contribution in [0.25, 0.3) is 16.9 Å². The summed E-state index contributed by atoms with van der Waals surface area (Å²) in [5.41, 5.74) is 7.02. The summed E-state index contributed by atoms with van der Waals surface area (Å²) in [6.45, 7) is 11.0. The first-order chi connectivity index (χ1) is 14.9. The molecule has 0 bridgehead atoms. The second-order valence-electron chi connectivity index (χ2n) is 8.87. The summed E-state index contributed by atoms with van der Waals surface area (Å²) in [4.78, 5) is 19.9. The van der Waals surface area contributed by atoms with Crippen molar-refractivity contribution >= 4 is 5.65 Å². The maximum atomic E-state index is 12.8. The molecule has 4 rings (SSSR count). The minimum Gasteiger partial charge on any atom is -0.293 e. The van der Waals surface area contributed by atoms with Gasteiger partial charge in [0.15, 0.2) is 5.65 Å². The molecule has 0 saturated carbocycles. The standard InChI is InChI=1S/C26H30N4O/c1-18(2)15-29(16-21-10-8-19(3)9-11-21)17-23-13-26(31)30-25(27-23)14-24(28-30)22-7-5-6-20(4)12-22/h5-14,18,28H,15-17H2,1-4H3. The Labute approximate surface area is 183 Å². The average Bonchev–Trinajstić information content (AvgIpc) is 3.14. The maximum absolute atomic E-state index is 12.8. The predicted molar refractivity (Wildman–Crippen MR) is 126 cm³/mol. The van der Waals surface area contributed by atoms with E-state index in [1.807, 2.05) is 18.2 Å². The summed E-state index contributed by atoms with van der Waals surface area (Å²) >= 11 is 0. The first-order valence-corrected chi connectivity index (χ1v) is 10.8. The van der Waals surface area contributed by atoms with E-state index < -0.39 is 0 Å². The predicted octanol–water partition coefficient (Wildman–Crippen LogP) is 4.96. The van der Waals surface area contributed by atoms with E-state index in [0.717, 1.165) is 30.0 Å². The van der Waals surface area contributed by atoms with Gasteiger partial charge in [-0.25, -0.2) is 9.50 Å². The van der Waals surface area contributed by atoms with Gasteiger partial charge in [0.05, 0.1) is 11.4 Å². The van der Waals surface area contributed by atoms with Gasteiger partial charge in [0.2, 0.25) is 0 Å². The van der Waals surface area contributed by atoms with Gasteiger partial charge < -0.3 is 0 Å². The number of aromatic nitrogens is 3. The Hall–Kier alpha value is -3.18. The smallest absolute Gasteiger partial charge is 0.272 e. The van der Waals surface area contributed by atoms with E-state index in [4.69, 9.17) is 4.98 Å². The van der Waals surface area contributed by atoms with E-state index in [9.17, 15) is 4.79 Å². The fraction of sp³-hybridized carbons (Fsp3) is 0.308. The topological polar surface area (TPSA) is 53.4 Å². The molecule has 0 atom stereocenters. The van der Waals surface area contributed by atoms with Crippen LogP contribution in [0.2, 0.25) is 0 Å². The second kappa shape index (κ2) is 8.90. The number of aromatic amines is 1. The van der Waals surface area contributed by atoms with Crippen LogP contribution < -0.4 is 5.56 Å². The molecule has 5 nitrogen and oxygen atoms in total. The molecule has 160 valence electrons. The van der Waals surface area contributed by atoms with Crippen LogP contribution in [0, 0.1) is 19.8 Å². The Balaban J connectivity index is 1.62. The number of hydrogen-bond donors (Lipinski definition) is 1. The molecule has 0 unspecified atom stereocenters. The number of nitrogens with zero attached hydrogens (tertiary/aromatic N) is 3. The second-order valence-corrected chi connectivity index (χ2v) is 8.87. The molecule has 4 aromatic rings. The molecule has 0 aliphatic rings. The highest BCUT2D eigenvalue weighted by molar-refractivity contribution is 5.64. The van der Waals surface area contributed by atoms with E-state index in [1.165, 1.54) is 21.2 Å². The molecular weight excluding hydrogens is 384 g/mol. The molecular formula is C26H30N4O. The normalized spacial score (nSPS) is 11.7. The summed E-state index contributed by atoms with van der Waals surface area (Å²) in [5.74, 6) is 0.524. The van der Waals surface area contributed by atoms with Crippen molar-refractivity contribution in [3.8, 4) is 11.3 Å². The first kappa shape index (κ1) is 21.1. The van der Waals surface area contributed by atoms with Gasteiger partial charge in [-0.2, -0.15) is 0 Å². The highest BCUT2D eigenvalue weighted by atomic mass is 16.1. The van der Waals surface area contributed by atoms with Crippen molar-refractivity contribution in [3.05, 3.63) is 93.4 Å². The van der Waals surface area contributed by atoms with Crippen molar-refractivity contribution in [1.82, 2.24) is 19.5 Å². The lowest BCUT2D eigenvalue weighted by molar-refractivity contribution is 0.225. The number of nitrogens with one attached hydrogen (secondary N) is 1. The molecule has 31 heavy (non-hydrogen) atoms. The molecule has 2 heterocycles. The van der Waals surface area contributed by atoms with Crippen molar-refractivity contribution in [3.63, 3.8) is 0 Å². The van der Waals surface area contributed by atoms with Crippen molar-refractivity contribution in [2.24, 2.45) is 5.92 Å². The molecule has 0 radical (unpaired) electrons. The molecule has 0 saturated heterocycles. The van der Waals surface area contributed by atoms with Gasteiger partial charge in [0.1, 0.15) is 0 Å². The van der Waals surface area contributed by atoms with Crippen LogP contribution in [0.15, 0.2) is 65.5 Å².